The molecule has 2 aliphatic rings. The van der Waals surface area contributed by atoms with Gasteiger partial charge in [0.25, 0.3) is 0 Å². The Morgan fingerprint density at radius 3 is 2.85 bits per heavy atom. The Labute approximate surface area is 121 Å². The smallest absolute Gasteiger partial charge is 0.158 e. The number of hydrogen-bond donors (Lipinski definition) is 0. The highest BCUT2D eigenvalue weighted by Crippen LogP contribution is 2.30. The van der Waals surface area contributed by atoms with E-state index in [1.54, 1.807) is 0 Å². The Balaban J connectivity index is 1.87. The van der Waals surface area contributed by atoms with Gasteiger partial charge in [-0.3, -0.25) is 4.79 Å². The highest BCUT2D eigenvalue weighted by atomic mass is 16.1. The van der Waals surface area contributed by atoms with Crippen LogP contribution in [0.1, 0.15) is 50.2 Å². The Kier molecular flexibility index (Phi) is 3.90. The molecule has 0 atom stereocenters. The molecule has 0 radical (unpaired) electrons. The molecule has 1 saturated carbocycles. The highest BCUT2D eigenvalue weighted by Gasteiger charge is 2.18. The first-order chi connectivity index (χ1) is 9.78. The molecular weight excluding hydrogens is 246 g/mol. The number of rotatable bonds is 3. The number of hydrogen-bond acceptors (Lipinski definition) is 2. The van der Waals surface area contributed by atoms with Crippen molar-refractivity contribution in [3.63, 3.8) is 0 Å². The lowest BCUT2D eigenvalue weighted by Crippen LogP contribution is -2.29. The molecule has 1 aliphatic carbocycles. The highest BCUT2D eigenvalue weighted by molar-refractivity contribution is 6.01. The SMILES string of the molecule is CCCN1CCCc2cc(C=C3CCCC3=O)ccc21. The Bertz CT molecular complexity index is 544. The summed E-state index contributed by atoms with van der Waals surface area (Å²) in [6, 6.07) is 6.71. The van der Waals surface area contributed by atoms with Gasteiger partial charge in [0.2, 0.25) is 0 Å². The van der Waals surface area contributed by atoms with Crippen molar-refractivity contribution in [3.05, 3.63) is 34.9 Å². The van der Waals surface area contributed by atoms with Gasteiger partial charge in [0, 0.05) is 25.2 Å². The van der Waals surface area contributed by atoms with Crippen molar-refractivity contribution >= 4 is 17.5 Å². The third-order valence-corrected chi connectivity index (χ3v) is 4.36. The van der Waals surface area contributed by atoms with Crippen molar-refractivity contribution in [2.24, 2.45) is 0 Å². The molecule has 0 aromatic heterocycles. The number of carbonyl (C=O) groups is 1. The molecule has 2 heteroatoms. The van der Waals surface area contributed by atoms with E-state index in [1.165, 1.54) is 42.6 Å². The zero-order valence-electron chi connectivity index (χ0n) is 12.3. The minimum atomic E-state index is 0.343. The van der Waals surface area contributed by atoms with Crippen LogP contribution in [0.4, 0.5) is 5.69 Å². The van der Waals surface area contributed by atoms with Crippen LogP contribution in [0.25, 0.3) is 6.08 Å². The predicted molar refractivity (Wildman–Crippen MR) is 84.1 cm³/mol. The molecule has 106 valence electrons. The number of benzene rings is 1. The molecule has 0 saturated heterocycles. The largest absolute Gasteiger partial charge is 0.371 e. The maximum Gasteiger partial charge on any atom is 0.158 e. The van der Waals surface area contributed by atoms with E-state index in [-0.39, 0.29) is 0 Å². The van der Waals surface area contributed by atoms with Crippen molar-refractivity contribution in [2.75, 3.05) is 18.0 Å². The fourth-order valence-electron chi connectivity index (χ4n) is 3.38. The summed E-state index contributed by atoms with van der Waals surface area (Å²) in [6.45, 7) is 4.56. The van der Waals surface area contributed by atoms with Gasteiger partial charge in [0.15, 0.2) is 5.78 Å². The van der Waals surface area contributed by atoms with Gasteiger partial charge < -0.3 is 4.90 Å². The maximum atomic E-state index is 11.7. The standard InChI is InChI=1S/C18H23NO/c1-2-10-19-11-4-6-15-12-14(8-9-17(15)19)13-16-5-3-7-18(16)20/h8-9,12-13H,2-7,10-11H2,1H3. The van der Waals surface area contributed by atoms with Crippen molar-refractivity contribution in [1.82, 2.24) is 0 Å². The lowest BCUT2D eigenvalue weighted by molar-refractivity contribution is -0.114. The second-order valence-electron chi connectivity index (χ2n) is 5.93. The Hall–Kier alpha value is -1.57. The van der Waals surface area contributed by atoms with Gasteiger partial charge in [-0.15, -0.1) is 0 Å². The van der Waals surface area contributed by atoms with Crippen molar-refractivity contribution in [3.8, 4) is 0 Å². The van der Waals surface area contributed by atoms with Gasteiger partial charge in [0.05, 0.1) is 0 Å². The van der Waals surface area contributed by atoms with E-state index in [0.29, 0.717) is 5.78 Å². The van der Waals surface area contributed by atoms with Gasteiger partial charge >= 0.3 is 0 Å². The van der Waals surface area contributed by atoms with Crippen molar-refractivity contribution in [2.45, 2.75) is 45.4 Å². The number of fused-ring (bicyclic) bond motifs is 1. The number of allylic oxidation sites excluding steroid dienone is 1. The summed E-state index contributed by atoms with van der Waals surface area (Å²) in [5.41, 5.74) is 5.07. The van der Waals surface area contributed by atoms with Crippen molar-refractivity contribution < 1.29 is 4.79 Å². The fraction of sp³-hybridized carbons (Fsp3) is 0.500. The zero-order valence-corrected chi connectivity index (χ0v) is 12.3. The molecule has 2 nitrogen and oxygen atoms in total. The Morgan fingerprint density at radius 1 is 1.20 bits per heavy atom. The third-order valence-electron chi connectivity index (χ3n) is 4.36. The lowest BCUT2D eigenvalue weighted by Gasteiger charge is -2.31. The van der Waals surface area contributed by atoms with Gasteiger partial charge in [-0.1, -0.05) is 13.0 Å². The maximum absolute atomic E-state index is 11.7. The van der Waals surface area contributed by atoms with Crippen molar-refractivity contribution in [1.29, 1.82) is 0 Å². The molecule has 0 N–H and O–H groups in total. The van der Waals surface area contributed by atoms with Crippen LogP contribution in [0.2, 0.25) is 0 Å². The van der Waals surface area contributed by atoms with E-state index in [0.717, 1.165) is 31.4 Å². The van der Waals surface area contributed by atoms with E-state index >= 15 is 0 Å². The first-order valence-electron chi connectivity index (χ1n) is 7.89. The summed E-state index contributed by atoms with van der Waals surface area (Å²) in [7, 11) is 0. The number of aryl methyl sites for hydroxylation is 1. The van der Waals surface area contributed by atoms with Gasteiger partial charge in [-0.25, -0.2) is 0 Å². The molecule has 0 bridgehead atoms. The van der Waals surface area contributed by atoms with Crippen LogP contribution in [0.5, 0.6) is 0 Å². The number of anilines is 1. The molecule has 1 aliphatic heterocycles. The minimum Gasteiger partial charge on any atom is -0.371 e. The zero-order chi connectivity index (χ0) is 13.9. The van der Waals surface area contributed by atoms with Gasteiger partial charge in [-0.05, 0) is 67.0 Å². The minimum absolute atomic E-state index is 0.343. The fourth-order valence-corrected chi connectivity index (χ4v) is 3.38. The van der Waals surface area contributed by atoms with Crippen LogP contribution in [-0.2, 0) is 11.2 Å². The first-order valence-corrected chi connectivity index (χ1v) is 7.89. The second-order valence-corrected chi connectivity index (χ2v) is 5.93. The molecule has 0 amide bonds. The quantitative estimate of drug-likeness (QED) is 0.773. The topological polar surface area (TPSA) is 20.3 Å². The summed E-state index contributed by atoms with van der Waals surface area (Å²) in [4.78, 5) is 14.2. The monoisotopic (exact) mass is 269 g/mol. The van der Waals surface area contributed by atoms with E-state index in [4.69, 9.17) is 0 Å². The number of Topliss-reactive ketones (excluding diaryl/α,β-unsaturated/α-hetero) is 1. The molecule has 0 spiro atoms. The second kappa shape index (κ2) is 5.82. The molecule has 3 rings (SSSR count). The number of nitrogens with zero attached hydrogens (tertiary/aromatic N) is 1. The van der Waals surface area contributed by atoms with E-state index in [2.05, 4.69) is 36.1 Å². The van der Waals surface area contributed by atoms with E-state index in [9.17, 15) is 4.79 Å². The molecule has 1 aromatic rings. The third kappa shape index (κ3) is 2.65. The van der Waals surface area contributed by atoms with Crippen LogP contribution in [0.15, 0.2) is 23.8 Å². The average Bonchev–Trinajstić information content (AvgIpc) is 2.85. The molecule has 20 heavy (non-hydrogen) atoms. The summed E-state index contributed by atoms with van der Waals surface area (Å²) in [6.07, 6.45) is 8.43. The molecule has 0 unspecified atom stereocenters. The van der Waals surface area contributed by atoms with Crippen LogP contribution in [0.3, 0.4) is 0 Å². The molecule has 1 fully saturated rings. The summed E-state index contributed by atoms with van der Waals surface area (Å²) < 4.78 is 0. The van der Waals surface area contributed by atoms with Crippen LogP contribution in [0, 0.1) is 0 Å². The van der Waals surface area contributed by atoms with Crippen LogP contribution >= 0.6 is 0 Å². The number of carbonyl (C=O) groups excluding carboxylic acids is 1. The van der Waals surface area contributed by atoms with Crippen LogP contribution < -0.4 is 4.90 Å². The lowest BCUT2D eigenvalue weighted by atomic mass is 9.98. The van der Waals surface area contributed by atoms with E-state index < -0.39 is 0 Å². The first kappa shape index (κ1) is 13.4. The van der Waals surface area contributed by atoms with E-state index in [1.807, 2.05) is 0 Å². The average molecular weight is 269 g/mol. The molecule has 1 heterocycles. The predicted octanol–water partition coefficient (Wildman–Crippen LogP) is 3.99. The molecule has 1 aromatic carbocycles. The Morgan fingerprint density at radius 2 is 2.10 bits per heavy atom. The summed E-state index contributed by atoms with van der Waals surface area (Å²) in [5, 5.41) is 0. The summed E-state index contributed by atoms with van der Waals surface area (Å²) in [5.74, 6) is 0.343. The van der Waals surface area contributed by atoms with Gasteiger partial charge in [-0.2, -0.15) is 0 Å². The van der Waals surface area contributed by atoms with Gasteiger partial charge in [0.1, 0.15) is 0 Å². The van der Waals surface area contributed by atoms with Crippen LogP contribution in [-0.4, -0.2) is 18.9 Å². The molecular formula is C18H23NO. The summed E-state index contributed by atoms with van der Waals surface area (Å²) >= 11 is 0. The normalized spacial score (nSPS) is 20.6. The number of ketones is 1.